The zero-order chi connectivity index (χ0) is 15.4. The van der Waals surface area contributed by atoms with Gasteiger partial charge in [-0.25, -0.2) is 4.98 Å². The topological polar surface area (TPSA) is 91.6 Å². The summed E-state index contributed by atoms with van der Waals surface area (Å²) < 4.78 is 0. The number of nitro groups is 1. The third kappa shape index (κ3) is 3.46. The Morgan fingerprint density at radius 1 is 1.43 bits per heavy atom. The summed E-state index contributed by atoms with van der Waals surface area (Å²) in [6, 6.07) is 1.46. The average Bonchev–Trinajstić information content (AvgIpc) is 2.47. The van der Waals surface area contributed by atoms with Gasteiger partial charge in [0.15, 0.2) is 0 Å². The van der Waals surface area contributed by atoms with Gasteiger partial charge in [0, 0.05) is 38.8 Å². The molecule has 1 fully saturated rings. The Hall–Kier alpha value is -2.22. The molecule has 1 amide bonds. The lowest BCUT2D eigenvalue weighted by molar-refractivity contribution is -0.385. The number of nitrogens with zero attached hydrogens (tertiary/aromatic N) is 4. The minimum atomic E-state index is -0.563. The first kappa shape index (κ1) is 15.2. The minimum Gasteiger partial charge on any atom is -0.370 e. The first-order chi connectivity index (χ1) is 10.0. The molecule has 8 heteroatoms. The van der Waals surface area contributed by atoms with Crippen LogP contribution in [0.25, 0.3) is 0 Å². The highest BCUT2D eigenvalue weighted by Gasteiger charge is 2.27. The van der Waals surface area contributed by atoms with E-state index in [-0.39, 0.29) is 17.2 Å². The predicted octanol–water partition coefficient (Wildman–Crippen LogP) is 0.809. The molecule has 2 rings (SSSR count). The molecule has 2 heterocycles. The lowest BCUT2D eigenvalue weighted by Crippen LogP contribution is -2.47. The first-order valence-electron chi connectivity index (χ1n) is 6.89. The van der Waals surface area contributed by atoms with E-state index in [0.717, 1.165) is 19.3 Å². The number of likely N-dealkylation sites (N-methyl/N-ethyl adjacent to an activating group) is 1. The van der Waals surface area contributed by atoms with Gasteiger partial charge in [-0.3, -0.25) is 14.9 Å². The summed E-state index contributed by atoms with van der Waals surface area (Å²) in [4.78, 5) is 30.8. The quantitative estimate of drug-likeness (QED) is 0.652. The van der Waals surface area contributed by atoms with Gasteiger partial charge >= 0.3 is 0 Å². The van der Waals surface area contributed by atoms with Crippen molar-refractivity contribution in [2.24, 2.45) is 0 Å². The van der Waals surface area contributed by atoms with E-state index in [4.69, 9.17) is 0 Å². The zero-order valence-electron chi connectivity index (χ0n) is 12.2. The molecule has 8 nitrogen and oxygen atoms in total. The van der Waals surface area contributed by atoms with Gasteiger partial charge in [-0.15, -0.1) is 0 Å². The molecule has 0 unspecified atom stereocenters. The van der Waals surface area contributed by atoms with Gasteiger partial charge in [-0.05, 0) is 14.0 Å². The second-order valence-electron chi connectivity index (χ2n) is 4.97. The van der Waals surface area contributed by atoms with Crippen molar-refractivity contribution in [1.29, 1.82) is 0 Å². The number of hydrogen-bond donors (Lipinski definition) is 1. The number of hydrogen-bond acceptors (Lipinski definition) is 6. The molecule has 1 aliphatic rings. The van der Waals surface area contributed by atoms with Crippen LogP contribution in [0.5, 0.6) is 0 Å². The van der Waals surface area contributed by atoms with Crippen molar-refractivity contribution in [1.82, 2.24) is 14.8 Å². The van der Waals surface area contributed by atoms with Gasteiger partial charge in [-0.1, -0.05) is 0 Å². The van der Waals surface area contributed by atoms with Crippen LogP contribution in [0.4, 0.5) is 11.5 Å². The summed E-state index contributed by atoms with van der Waals surface area (Å²) in [7, 11) is 1.99. The number of amides is 1. The summed E-state index contributed by atoms with van der Waals surface area (Å²) in [6.07, 6.45) is 1.14. The molecule has 0 aliphatic carbocycles. The third-order valence-corrected chi connectivity index (χ3v) is 3.46. The van der Waals surface area contributed by atoms with Crippen molar-refractivity contribution in [3.63, 3.8) is 0 Å². The maximum Gasteiger partial charge on any atom is 0.300 e. The molecule has 0 aromatic carbocycles. The Bertz CT molecular complexity index is 541. The summed E-state index contributed by atoms with van der Waals surface area (Å²) in [5.74, 6) is 0.164. The number of pyridine rings is 1. The third-order valence-electron chi connectivity index (χ3n) is 3.46. The number of carbonyl (C=O) groups excluding carboxylic acids is 1. The molecular formula is C13H19N5O3. The average molecular weight is 293 g/mol. The highest BCUT2D eigenvalue weighted by atomic mass is 16.6. The van der Waals surface area contributed by atoms with Crippen LogP contribution in [0.2, 0.25) is 0 Å². The fourth-order valence-corrected chi connectivity index (χ4v) is 2.22. The van der Waals surface area contributed by atoms with Crippen LogP contribution in [0.1, 0.15) is 17.3 Å². The number of rotatable bonds is 4. The van der Waals surface area contributed by atoms with E-state index in [1.807, 2.05) is 14.0 Å². The maximum atomic E-state index is 12.5. The Labute approximate surface area is 122 Å². The molecule has 114 valence electrons. The van der Waals surface area contributed by atoms with Crippen molar-refractivity contribution in [3.8, 4) is 0 Å². The molecule has 0 atom stereocenters. The second-order valence-corrected chi connectivity index (χ2v) is 4.97. The Morgan fingerprint density at radius 2 is 2.10 bits per heavy atom. The minimum absolute atomic E-state index is 0.0931. The van der Waals surface area contributed by atoms with Crippen LogP contribution in [0.3, 0.4) is 0 Å². The molecule has 0 spiro atoms. The number of aromatic nitrogens is 1. The molecule has 0 bridgehead atoms. The lowest BCUT2D eigenvalue weighted by Gasteiger charge is -2.32. The summed E-state index contributed by atoms with van der Waals surface area (Å²) in [5, 5.41) is 14.1. The normalized spacial score (nSPS) is 15.8. The van der Waals surface area contributed by atoms with E-state index in [1.165, 1.54) is 6.07 Å². The van der Waals surface area contributed by atoms with Crippen molar-refractivity contribution in [3.05, 3.63) is 27.9 Å². The molecule has 0 radical (unpaired) electrons. The number of anilines is 1. The molecule has 1 saturated heterocycles. The Kier molecular flexibility index (Phi) is 4.69. The van der Waals surface area contributed by atoms with Gasteiger partial charge in [0.1, 0.15) is 17.6 Å². The van der Waals surface area contributed by atoms with Gasteiger partial charge in [0.25, 0.3) is 11.6 Å². The fourth-order valence-electron chi connectivity index (χ4n) is 2.22. The Morgan fingerprint density at radius 3 is 2.67 bits per heavy atom. The Balaban J connectivity index is 2.28. The van der Waals surface area contributed by atoms with Crippen molar-refractivity contribution >= 4 is 17.4 Å². The molecule has 1 aromatic heterocycles. The van der Waals surface area contributed by atoms with Crippen LogP contribution >= 0.6 is 0 Å². The van der Waals surface area contributed by atoms with Crippen molar-refractivity contribution in [2.75, 3.05) is 45.1 Å². The highest BCUT2D eigenvalue weighted by Crippen LogP contribution is 2.22. The zero-order valence-corrected chi connectivity index (χ0v) is 12.2. The molecule has 1 aliphatic heterocycles. The monoisotopic (exact) mass is 293 g/mol. The SMILES string of the molecule is CCNc1cc(C(=O)N2CCN(C)CC2)c([N+](=O)[O-])cn1. The lowest BCUT2D eigenvalue weighted by atomic mass is 10.1. The van der Waals surface area contributed by atoms with E-state index in [1.54, 1.807) is 4.90 Å². The van der Waals surface area contributed by atoms with Crippen molar-refractivity contribution in [2.45, 2.75) is 6.92 Å². The van der Waals surface area contributed by atoms with Crippen molar-refractivity contribution < 1.29 is 9.72 Å². The fraction of sp³-hybridized carbons (Fsp3) is 0.538. The van der Waals surface area contributed by atoms with E-state index in [0.29, 0.717) is 25.5 Å². The van der Waals surface area contributed by atoms with Crippen LogP contribution in [0.15, 0.2) is 12.3 Å². The number of piperazine rings is 1. The van der Waals surface area contributed by atoms with Gasteiger partial charge in [0.05, 0.1) is 4.92 Å². The molecule has 21 heavy (non-hydrogen) atoms. The maximum absolute atomic E-state index is 12.5. The van der Waals surface area contributed by atoms with Gasteiger partial charge < -0.3 is 15.1 Å². The molecule has 1 N–H and O–H groups in total. The second kappa shape index (κ2) is 6.49. The summed E-state index contributed by atoms with van der Waals surface area (Å²) >= 11 is 0. The largest absolute Gasteiger partial charge is 0.370 e. The number of nitrogens with one attached hydrogen (secondary N) is 1. The van der Waals surface area contributed by atoms with Gasteiger partial charge in [0.2, 0.25) is 0 Å². The van der Waals surface area contributed by atoms with Gasteiger partial charge in [-0.2, -0.15) is 0 Å². The van der Waals surface area contributed by atoms with Crippen LogP contribution in [0, 0.1) is 10.1 Å². The highest BCUT2D eigenvalue weighted by molar-refractivity contribution is 5.98. The summed E-state index contributed by atoms with van der Waals surface area (Å²) in [6.45, 7) is 5.21. The van der Waals surface area contributed by atoms with E-state index in [9.17, 15) is 14.9 Å². The predicted molar refractivity (Wildman–Crippen MR) is 78.5 cm³/mol. The molecular weight excluding hydrogens is 274 g/mol. The van der Waals surface area contributed by atoms with Crippen LogP contribution in [-0.4, -0.2) is 65.4 Å². The smallest absolute Gasteiger partial charge is 0.300 e. The van der Waals surface area contributed by atoms with Crippen LogP contribution in [-0.2, 0) is 0 Å². The molecule has 0 saturated carbocycles. The van der Waals surface area contributed by atoms with E-state index >= 15 is 0 Å². The summed E-state index contributed by atoms with van der Waals surface area (Å²) in [5.41, 5.74) is -0.156. The first-order valence-corrected chi connectivity index (χ1v) is 6.89. The van der Waals surface area contributed by atoms with Crippen LogP contribution < -0.4 is 5.32 Å². The standard InChI is InChI=1S/C13H19N5O3/c1-3-14-12-8-10(11(9-15-12)18(20)21)13(19)17-6-4-16(2)5-7-17/h8-9H,3-7H2,1-2H3,(H,14,15). The van der Waals surface area contributed by atoms with E-state index < -0.39 is 4.92 Å². The molecule has 1 aromatic rings. The van der Waals surface area contributed by atoms with E-state index in [2.05, 4.69) is 15.2 Å². The number of carbonyl (C=O) groups is 1.